The van der Waals surface area contributed by atoms with Crippen LogP contribution in [0.4, 0.5) is 5.69 Å². The molecule has 0 aliphatic carbocycles. The number of thioether (sulfide) groups is 1. The lowest BCUT2D eigenvalue weighted by Gasteiger charge is -2.23. The minimum atomic E-state index is -0.818. The number of aliphatic carboxylic acids is 1. The molecule has 0 spiro atoms. The number of carbonyl (C=O) groups is 2. The predicted octanol–water partition coefficient (Wildman–Crippen LogP) is 4.41. The number of anilines is 1. The lowest BCUT2D eigenvalue weighted by atomic mass is 9.89. The minimum absolute atomic E-state index is 0.0505. The lowest BCUT2D eigenvalue weighted by molar-refractivity contribution is -0.136. The Bertz CT molecular complexity index is 528. The second kappa shape index (κ2) is 8.22. The van der Waals surface area contributed by atoms with E-state index in [0.717, 1.165) is 17.7 Å². The van der Waals surface area contributed by atoms with E-state index in [-0.39, 0.29) is 5.91 Å². The van der Waals surface area contributed by atoms with E-state index in [1.807, 2.05) is 52.0 Å². The summed E-state index contributed by atoms with van der Waals surface area (Å²) >= 11 is 1.29. The first-order valence-corrected chi connectivity index (χ1v) is 8.49. The summed E-state index contributed by atoms with van der Waals surface area (Å²) in [6.07, 6.45) is 2.14. The first-order valence-electron chi connectivity index (χ1n) is 7.61. The van der Waals surface area contributed by atoms with Gasteiger partial charge in [0.2, 0.25) is 5.91 Å². The first-order chi connectivity index (χ1) is 10.3. The van der Waals surface area contributed by atoms with Crippen molar-refractivity contribution in [3.05, 3.63) is 24.3 Å². The maximum Gasteiger partial charge on any atom is 0.316 e. The van der Waals surface area contributed by atoms with Crippen LogP contribution in [0.5, 0.6) is 0 Å². The number of hydrogen-bond acceptors (Lipinski definition) is 3. The van der Waals surface area contributed by atoms with Gasteiger partial charge in [-0.15, -0.1) is 11.8 Å². The summed E-state index contributed by atoms with van der Waals surface area (Å²) in [7, 11) is 0. The van der Waals surface area contributed by atoms with Crippen molar-refractivity contribution in [1.29, 1.82) is 0 Å². The maximum atomic E-state index is 12.3. The number of carboxylic acids is 1. The highest BCUT2D eigenvalue weighted by Gasteiger charge is 2.26. The number of rotatable bonds is 8. The molecule has 1 amide bonds. The van der Waals surface area contributed by atoms with Crippen molar-refractivity contribution in [2.24, 2.45) is 5.41 Å². The molecule has 0 radical (unpaired) electrons. The van der Waals surface area contributed by atoms with E-state index >= 15 is 0 Å². The van der Waals surface area contributed by atoms with Gasteiger partial charge in [-0.3, -0.25) is 9.59 Å². The van der Waals surface area contributed by atoms with Crippen molar-refractivity contribution >= 4 is 29.3 Å². The van der Waals surface area contributed by atoms with Crippen molar-refractivity contribution in [1.82, 2.24) is 0 Å². The first kappa shape index (κ1) is 18.6. The molecule has 0 aliphatic heterocycles. The Morgan fingerprint density at radius 2 is 1.91 bits per heavy atom. The number of carbonyl (C=O) groups excluding carboxylic acids is 1. The third-order valence-electron chi connectivity index (χ3n) is 3.73. The third kappa shape index (κ3) is 5.05. The molecule has 122 valence electrons. The largest absolute Gasteiger partial charge is 0.480 e. The molecule has 22 heavy (non-hydrogen) atoms. The Labute approximate surface area is 136 Å². The average Bonchev–Trinajstić information content (AvgIpc) is 2.48. The summed E-state index contributed by atoms with van der Waals surface area (Å²) in [5.41, 5.74) is 0.231. The van der Waals surface area contributed by atoms with Crippen LogP contribution in [0.25, 0.3) is 0 Å². The molecule has 0 saturated heterocycles. The summed E-state index contributed by atoms with van der Waals surface area (Å²) in [6, 6.07) is 7.36. The van der Waals surface area contributed by atoms with Crippen LogP contribution in [0.3, 0.4) is 0 Å². The van der Waals surface area contributed by atoms with Gasteiger partial charge >= 0.3 is 5.97 Å². The third-order valence-corrected chi connectivity index (χ3v) is 5.06. The highest BCUT2D eigenvalue weighted by Crippen LogP contribution is 2.33. The molecule has 0 fully saturated rings. The smallest absolute Gasteiger partial charge is 0.316 e. The van der Waals surface area contributed by atoms with E-state index in [4.69, 9.17) is 0 Å². The Kier molecular flexibility index (Phi) is 6.94. The van der Waals surface area contributed by atoms with Crippen LogP contribution in [0.15, 0.2) is 29.2 Å². The Morgan fingerprint density at radius 3 is 2.45 bits per heavy atom. The van der Waals surface area contributed by atoms with E-state index in [2.05, 4.69) is 5.32 Å². The van der Waals surface area contributed by atoms with Crippen LogP contribution < -0.4 is 5.32 Å². The second-order valence-electron chi connectivity index (χ2n) is 5.92. The van der Waals surface area contributed by atoms with E-state index in [9.17, 15) is 14.7 Å². The monoisotopic (exact) mass is 323 g/mol. The Morgan fingerprint density at radius 1 is 1.27 bits per heavy atom. The molecule has 0 aliphatic rings. The summed E-state index contributed by atoms with van der Waals surface area (Å²) in [6.45, 7) is 7.74. The SMILES string of the molecule is CCCC(Sc1ccccc1NC(=O)C(C)(C)CC)C(=O)O. The van der Waals surface area contributed by atoms with E-state index in [1.54, 1.807) is 0 Å². The number of carboxylic acid groups (broad SMARTS) is 1. The fraction of sp³-hybridized carbons (Fsp3) is 0.529. The van der Waals surface area contributed by atoms with Crippen LogP contribution in [0, 0.1) is 5.41 Å². The van der Waals surface area contributed by atoms with Crippen molar-refractivity contribution in [3.63, 3.8) is 0 Å². The van der Waals surface area contributed by atoms with Crippen molar-refractivity contribution < 1.29 is 14.7 Å². The second-order valence-corrected chi connectivity index (χ2v) is 7.17. The molecule has 0 heterocycles. The molecule has 0 saturated carbocycles. The van der Waals surface area contributed by atoms with Gasteiger partial charge in [0.15, 0.2) is 0 Å². The number of amides is 1. The van der Waals surface area contributed by atoms with Gasteiger partial charge in [0.1, 0.15) is 5.25 Å². The number of nitrogens with one attached hydrogen (secondary N) is 1. The molecule has 1 atom stereocenters. The zero-order valence-corrected chi connectivity index (χ0v) is 14.5. The summed E-state index contributed by atoms with van der Waals surface area (Å²) < 4.78 is 0. The van der Waals surface area contributed by atoms with Gasteiger partial charge in [-0.25, -0.2) is 0 Å². The number of benzene rings is 1. The molecule has 0 aromatic heterocycles. The normalized spacial score (nSPS) is 12.7. The van der Waals surface area contributed by atoms with Crippen molar-refractivity contribution in [3.8, 4) is 0 Å². The van der Waals surface area contributed by atoms with Crippen LogP contribution in [0.2, 0.25) is 0 Å². The molecule has 2 N–H and O–H groups in total. The van der Waals surface area contributed by atoms with Crippen LogP contribution in [0.1, 0.15) is 47.0 Å². The van der Waals surface area contributed by atoms with Gasteiger partial charge in [0.05, 0.1) is 5.69 Å². The van der Waals surface area contributed by atoms with Gasteiger partial charge in [-0.1, -0.05) is 46.2 Å². The number of hydrogen-bond donors (Lipinski definition) is 2. The standard InChI is InChI=1S/C17H25NO3S/c1-5-9-14(15(19)20)22-13-11-8-7-10-12(13)18-16(21)17(3,4)6-2/h7-8,10-11,14H,5-6,9H2,1-4H3,(H,18,21)(H,19,20). The topological polar surface area (TPSA) is 66.4 Å². The predicted molar refractivity (Wildman–Crippen MR) is 91.3 cm³/mol. The van der Waals surface area contributed by atoms with Gasteiger partial charge in [0.25, 0.3) is 0 Å². The van der Waals surface area contributed by atoms with Gasteiger partial charge in [-0.2, -0.15) is 0 Å². The minimum Gasteiger partial charge on any atom is -0.480 e. The molecular weight excluding hydrogens is 298 g/mol. The maximum absolute atomic E-state index is 12.3. The molecule has 0 bridgehead atoms. The number of para-hydroxylation sites is 1. The average molecular weight is 323 g/mol. The van der Waals surface area contributed by atoms with Crippen molar-refractivity contribution in [2.45, 2.75) is 57.1 Å². The molecule has 4 nitrogen and oxygen atoms in total. The van der Waals surface area contributed by atoms with Crippen LogP contribution in [-0.2, 0) is 9.59 Å². The van der Waals surface area contributed by atoms with E-state index in [0.29, 0.717) is 12.1 Å². The summed E-state index contributed by atoms with van der Waals surface area (Å²) in [4.78, 5) is 24.4. The molecule has 1 aromatic carbocycles. The Balaban J connectivity index is 2.94. The zero-order valence-electron chi connectivity index (χ0n) is 13.7. The molecular formula is C17H25NO3S. The Hall–Kier alpha value is -1.49. The van der Waals surface area contributed by atoms with Gasteiger partial charge < -0.3 is 10.4 Å². The van der Waals surface area contributed by atoms with Gasteiger partial charge in [-0.05, 0) is 25.0 Å². The lowest BCUT2D eigenvalue weighted by Crippen LogP contribution is -2.30. The quantitative estimate of drug-likeness (QED) is 0.696. The molecule has 1 rings (SSSR count). The summed E-state index contributed by atoms with van der Waals surface area (Å²) in [5.74, 6) is -0.868. The fourth-order valence-electron chi connectivity index (χ4n) is 1.77. The zero-order chi connectivity index (χ0) is 16.8. The molecule has 5 heteroatoms. The molecule has 1 aromatic rings. The molecule has 1 unspecified atom stereocenters. The highest BCUT2D eigenvalue weighted by atomic mass is 32.2. The van der Waals surface area contributed by atoms with Crippen LogP contribution in [-0.4, -0.2) is 22.2 Å². The van der Waals surface area contributed by atoms with E-state index in [1.165, 1.54) is 11.8 Å². The van der Waals surface area contributed by atoms with Gasteiger partial charge in [0, 0.05) is 10.3 Å². The van der Waals surface area contributed by atoms with Crippen molar-refractivity contribution in [2.75, 3.05) is 5.32 Å². The summed E-state index contributed by atoms with van der Waals surface area (Å²) in [5, 5.41) is 11.7. The van der Waals surface area contributed by atoms with Crippen LogP contribution >= 0.6 is 11.8 Å². The fourth-order valence-corrected chi connectivity index (χ4v) is 2.94. The highest BCUT2D eigenvalue weighted by molar-refractivity contribution is 8.00. The van der Waals surface area contributed by atoms with E-state index < -0.39 is 16.6 Å².